The Morgan fingerprint density at radius 2 is 1.75 bits per heavy atom. The second-order valence-electron chi connectivity index (χ2n) is 7.53. The molecule has 1 aliphatic rings. The number of para-hydroxylation sites is 1. The van der Waals surface area contributed by atoms with Gasteiger partial charge in [-0.3, -0.25) is 4.79 Å². The molecule has 7 heteroatoms. The van der Waals surface area contributed by atoms with Gasteiger partial charge in [-0.2, -0.15) is 0 Å². The van der Waals surface area contributed by atoms with Gasteiger partial charge in [-0.15, -0.1) is 0 Å². The van der Waals surface area contributed by atoms with E-state index >= 15 is 0 Å². The minimum Gasteiger partial charge on any atom is -0.376 e. The number of hydrogen-bond acceptors (Lipinski definition) is 6. The Balaban J connectivity index is 1.42. The first-order valence-corrected chi connectivity index (χ1v) is 9.87. The van der Waals surface area contributed by atoms with Crippen molar-refractivity contribution in [1.82, 2.24) is 15.3 Å². The predicted molar refractivity (Wildman–Crippen MR) is 114 cm³/mol. The number of aryl methyl sites for hydroxylation is 1. The largest absolute Gasteiger partial charge is 0.376 e. The fourth-order valence-corrected chi connectivity index (χ4v) is 3.46. The lowest BCUT2D eigenvalue weighted by atomic mass is 9.91. The molecule has 0 radical (unpaired) electrons. The van der Waals surface area contributed by atoms with Crippen LogP contribution in [-0.2, 0) is 4.79 Å². The van der Waals surface area contributed by atoms with Crippen LogP contribution in [0.3, 0.4) is 0 Å². The van der Waals surface area contributed by atoms with Gasteiger partial charge < -0.3 is 20.9 Å². The topological polar surface area (TPSA) is 82.2 Å². The molecule has 1 aliphatic carbocycles. The Hall–Kier alpha value is -2.83. The molecule has 150 valence electrons. The van der Waals surface area contributed by atoms with Gasteiger partial charge in [0, 0.05) is 37.9 Å². The van der Waals surface area contributed by atoms with E-state index in [-0.39, 0.29) is 11.9 Å². The highest BCUT2D eigenvalue weighted by Gasteiger charge is 2.22. The van der Waals surface area contributed by atoms with Crippen molar-refractivity contribution < 1.29 is 4.79 Å². The molecule has 3 N–H and O–H groups in total. The average Bonchev–Trinajstić information content (AvgIpc) is 2.68. The average molecular weight is 383 g/mol. The molecule has 1 aromatic heterocycles. The van der Waals surface area contributed by atoms with Crippen molar-refractivity contribution in [2.45, 2.75) is 44.7 Å². The minimum atomic E-state index is 0.0438. The van der Waals surface area contributed by atoms with E-state index in [1.807, 2.05) is 62.3 Å². The van der Waals surface area contributed by atoms with Gasteiger partial charge in [-0.05, 0) is 44.7 Å². The molecule has 1 heterocycles. The smallest absolute Gasteiger partial charge is 0.239 e. The molecule has 1 fully saturated rings. The molecule has 3 rings (SSSR count). The first-order chi connectivity index (χ1) is 13.5. The summed E-state index contributed by atoms with van der Waals surface area (Å²) in [5.74, 6) is 2.58. The fraction of sp³-hybridized carbons (Fsp3) is 0.476. The van der Waals surface area contributed by atoms with Crippen LogP contribution >= 0.6 is 0 Å². The zero-order chi connectivity index (χ0) is 19.9. The quantitative estimate of drug-likeness (QED) is 0.683. The monoisotopic (exact) mass is 382 g/mol. The molecule has 0 aliphatic heterocycles. The van der Waals surface area contributed by atoms with E-state index in [0.29, 0.717) is 12.6 Å². The van der Waals surface area contributed by atoms with Gasteiger partial charge >= 0.3 is 0 Å². The third-order valence-corrected chi connectivity index (χ3v) is 4.95. The highest BCUT2D eigenvalue weighted by molar-refractivity contribution is 5.80. The van der Waals surface area contributed by atoms with E-state index in [1.165, 1.54) is 0 Å². The zero-order valence-electron chi connectivity index (χ0n) is 16.9. The van der Waals surface area contributed by atoms with E-state index in [4.69, 9.17) is 0 Å². The molecule has 0 unspecified atom stereocenters. The summed E-state index contributed by atoms with van der Waals surface area (Å²) in [6.07, 6.45) is 3.97. The maximum Gasteiger partial charge on any atom is 0.239 e. The molecule has 0 bridgehead atoms. The fourth-order valence-electron chi connectivity index (χ4n) is 3.46. The van der Waals surface area contributed by atoms with Crippen LogP contribution in [0.4, 0.5) is 17.3 Å². The zero-order valence-corrected chi connectivity index (χ0v) is 16.9. The summed E-state index contributed by atoms with van der Waals surface area (Å²) in [7, 11) is 3.96. The third kappa shape index (κ3) is 5.84. The number of rotatable bonds is 7. The Morgan fingerprint density at radius 1 is 1.07 bits per heavy atom. The summed E-state index contributed by atoms with van der Waals surface area (Å²) in [6, 6.07) is 12.4. The first-order valence-electron chi connectivity index (χ1n) is 9.87. The molecule has 1 saturated carbocycles. The number of carbonyl (C=O) groups is 1. The Bertz CT molecular complexity index is 772. The van der Waals surface area contributed by atoms with Crippen molar-refractivity contribution in [1.29, 1.82) is 0 Å². The highest BCUT2D eigenvalue weighted by atomic mass is 16.1. The van der Waals surface area contributed by atoms with Crippen LogP contribution in [0.1, 0.15) is 31.5 Å². The van der Waals surface area contributed by atoms with Gasteiger partial charge in [-0.25, -0.2) is 9.97 Å². The third-order valence-electron chi connectivity index (χ3n) is 4.95. The van der Waals surface area contributed by atoms with Crippen LogP contribution in [0.15, 0.2) is 36.4 Å². The van der Waals surface area contributed by atoms with Crippen LogP contribution < -0.4 is 20.9 Å². The van der Waals surface area contributed by atoms with Crippen LogP contribution in [0.2, 0.25) is 0 Å². The second-order valence-corrected chi connectivity index (χ2v) is 7.53. The lowest BCUT2D eigenvalue weighted by molar-refractivity contribution is -0.120. The summed E-state index contributed by atoms with van der Waals surface area (Å²) in [5, 5.41) is 9.83. The number of amides is 1. The molecule has 0 spiro atoms. The number of benzene rings is 1. The summed E-state index contributed by atoms with van der Waals surface area (Å²) in [6.45, 7) is 2.21. The van der Waals surface area contributed by atoms with Crippen LogP contribution in [0.25, 0.3) is 0 Å². The number of hydrogen-bond donors (Lipinski definition) is 3. The molecule has 0 saturated heterocycles. The lowest BCUT2D eigenvalue weighted by Crippen LogP contribution is -2.42. The van der Waals surface area contributed by atoms with E-state index < -0.39 is 0 Å². The molecule has 1 amide bonds. The molecule has 1 aromatic carbocycles. The second kappa shape index (κ2) is 9.39. The van der Waals surface area contributed by atoms with Gasteiger partial charge in [0.05, 0.1) is 6.54 Å². The molecule has 0 atom stereocenters. The molecular formula is C21H30N6O. The Kier molecular flexibility index (Phi) is 6.68. The summed E-state index contributed by atoms with van der Waals surface area (Å²) >= 11 is 0. The SMILES string of the molecule is Cc1nc(NC2CCC(NC(=O)CNc3ccccc3)CC2)cc(N(C)C)n1. The van der Waals surface area contributed by atoms with Gasteiger partial charge in [0.1, 0.15) is 17.5 Å². The van der Waals surface area contributed by atoms with E-state index in [1.54, 1.807) is 0 Å². The van der Waals surface area contributed by atoms with Crippen molar-refractivity contribution in [3.63, 3.8) is 0 Å². The standard InChI is InChI=1S/C21H30N6O/c1-15-23-19(13-20(24-15)27(2)3)25-17-9-11-18(12-10-17)26-21(28)14-22-16-7-5-4-6-8-16/h4-8,13,17-18,22H,9-12,14H2,1-3H3,(H,26,28)(H,23,24,25). The summed E-state index contributed by atoms with van der Waals surface area (Å²) in [5.41, 5.74) is 0.961. The van der Waals surface area contributed by atoms with Crippen molar-refractivity contribution in [3.8, 4) is 0 Å². The summed E-state index contributed by atoms with van der Waals surface area (Å²) < 4.78 is 0. The molecule has 7 nitrogen and oxygen atoms in total. The van der Waals surface area contributed by atoms with Crippen molar-refractivity contribution in [2.75, 3.05) is 36.2 Å². The predicted octanol–water partition coefficient (Wildman–Crippen LogP) is 2.80. The van der Waals surface area contributed by atoms with Crippen molar-refractivity contribution >= 4 is 23.2 Å². The van der Waals surface area contributed by atoms with Gasteiger partial charge in [-0.1, -0.05) is 18.2 Å². The number of aromatic nitrogens is 2. The molecule has 2 aromatic rings. The Labute approximate surface area is 167 Å². The summed E-state index contributed by atoms with van der Waals surface area (Å²) in [4.78, 5) is 23.1. The maximum absolute atomic E-state index is 12.2. The molecule has 28 heavy (non-hydrogen) atoms. The normalized spacial score (nSPS) is 19.0. The highest BCUT2D eigenvalue weighted by Crippen LogP contribution is 2.23. The molecular weight excluding hydrogens is 352 g/mol. The van der Waals surface area contributed by atoms with Crippen LogP contribution in [0.5, 0.6) is 0 Å². The first kappa shape index (κ1) is 19.9. The van der Waals surface area contributed by atoms with E-state index in [2.05, 4.69) is 25.9 Å². The van der Waals surface area contributed by atoms with E-state index in [9.17, 15) is 4.79 Å². The van der Waals surface area contributed by atoms with E-state index in [0.717, 1.165) is 48.8 Å². The van der Waals surface area contributed by atoms with Crippen molar-refractivity contribution in [3.05, 3.63) is 42.2 Å². The maximum atomic E-state index is 12.2. The number of nitrogens with one attached hydrogen (secondary N) is 3. The minimum absolute atomic E-state index is 0.0438. The van der Waals surface area contributed by atoms with Crippen LogP contribution in [0, 0.1) is 6.92 Å². The van der Waals surface area contributed by atoms with Gasteiger partial charge in [0.25, 0.3) is 0 Å². The van der Waals surface area contributed by atoms with Gasteiger partial charge in [0.15, 0.2) is 0 Å². The number of carbonyl (C=O) groups excluding carboxylic acids is 1. The van der Waals surface area contributed by atoms with Crippen LogP contribution in [-0.4, -0.2) is 48.6 Å². The van der Waals surface area contributed by atoms with Gasteiger partial charge in [0.2, 0.25) is 5.91 Å². The lowest BCUT2D eigenvalue weighted by Gasteiger charge is -2.30. The Morgan fingerprint density at radius 3 is 2.43 bits per heavy atom. The van der Waals surface area contributed by atoms with Crippen molar-refractivity contribution in [2.24, 2.45) is 0 Å². The number of anilines is 3. The number of nitrogens with zero attached hydrogens (tertiary/aromatic N) is 3.